The van der Waals surface area contributed by atoms with E-state index >= 15 is 0 Å². The van der Waals surface area contributed by atoms with Crippen molar-refractivity contribution in [2.75, 3.05) is 0 Å². The van der Waals surface area contributed by atoms with Gasteiger partial charge in [0, 0.05) is 35.1 Å². The van der Waals surface area contributed by atoms with Crippen molar-refractivity contribution in [2.45, 2.75) is 38.4 Å². The van der Waals surface area contributed by atoms with E-state index in [2.05, 4.69) is 33.3 Å². The maximum Gasteiger partial charge on any atom is 0.342 e. The third-order valence-corrected chi connectivity index (χ3v) is 5.15. The summed E-state index contributed by atoms with van der Waals surface area (Å²) < 4.78 is 2.13. The molecule has 0 radical (unpaired) electrons. The summed E-state index contributed by atoms with van der Waals surface area (Å²) in [7, 11) is 0. The lowest BCUT2D eigenvalue weighted by Gasteiger charge is -2.04. The largest absolute Gasteiger partial charge is 0.477 e. The van der Waals surface area contributed by atoms with E-state index < -0.39 is 5.97 Å². The highest BCUT2D eigenvalue weighted by Gasteiger charge is 2.17. The Balaban J connectivity index is 2.04. The number of aryl methyl sites for hydroxylation is 1. The number of aromatic amines is 1. The molecule has 0 aliphatic rings. The molecular formula is C20H22N4O2S. The first-order valence-electron chi connectivity index (χ1n) is 8.78. The summed E-state index contributed by atoms with van der Waals surface area (Å²) in [5.41, 5.74) is 2.94. The van der Waals surface area contributed by atoms with Crippen molar-refractivity contribution in [1.29, 1.82) is 0 Å². The first-order valence-corrected chi connectivity index (χ1v) is 9.59. The summed E-state index contributed by atoms with van der Waals surface area (Å²) in [5.74, 6) is -0.231. The van der Waals surface area contributed by atoms with Crippen LogP contribution in [0.15, 0.2) is 47.0 Å². The molecule has 0 saturated carbocycles. The van der Waals surface area contributed by atoms with E-state index in [-0.39, 0.29) is 4.91 Å². The number of aliphatic carboxylic acids is 1. The molecule has 3 aromatic rings. The summed E-state index contributed by atoms with van der Waals surface area (Å²) in [4.78, 5) is 16.4. The second-order valence-corrected chi connectivity index (χ2v) is 7.16. The minimum absolute atomic E-state index is 0.182. The Morgan fingerprint density at radius 2 is 2.19 bits per heavy atom. The standard InChI is InChI=1S/C20H22N4O2S/c1-4-8-18-21-20(23-22-18)27-17(19(25)26)12-15-13(3)24(11-5-2)16-10-7-6-9-14(15)16/h5-7,9-10,12H,2,4,8,11H2,1,3H3,(H,25,26)(H,21,22,23)/b17-12-. The minimum atomic E-state index is -0.998. The van der Waals surface area contributed by atoms with Gasteiger partial charge in [-0.15, -0.1) is 11.7 Å². The third-order valence-electron chi connectivity index (χ3n) is 4.28. The van der Waals surface area contributed by atoms with E-state index in [1.807, 2.05) is 37.3 Å². The Morgan fingerprint density at radius 3 is 2.89 bits per heavy atom. The van der Waals surface area contributed by atoms with Gasteiger partial charge in [-0.2, -0.15) is 0 Å². The molecule has 0 amide bonds. The summed E-state index contributed by atoms with van der Waals surface area (Å²) in [5, 5.41) is 18.1. The van der Waals surface area contributed by atoms with Crippen molar-refractivity contribution in [3.63, 3.8) is 0 Å². The van der Waals surface area contributed by atoms with Crippen LogP contribution in [0.1, 0.15) is 30.4 Å². The number of H-pyrrole nitrogens is 1. The highest BCUT2D eigenvalue weighted by atomic mass is 32.2. The van der Waals surface area contributed by atoms with Crippen molar-refractivity contribution in [1.82, 2.24) is 19.7 Å². The van der Waals surface area contributed by atoms with Gasteiger partial charge >= 0.3 is 5.97 Å². The summed E-state index contributed by atoms with van der Waals surface area (Å²) >= 11 is 1.06. The van der Waals surface area contributed by atoms with Crippen LogP contribution >= 0.6 is 11.8 Å². The number of nitrogens with one attached hydrogen (secondary N) is 1. The predicted octanol–water partition coefficient (Wildman–Crippen LogP) is 4.42. The van der Waals surface area contributed by atoms with Crippen LogP contribution in [0.3, 0.4) is 0 Å². The van der Waals surface area contributed by atoms with E-state index in [1.54, 1.807) is 6.08 Å². The molecule has 0 bridgehead atoms. The quantitative estimate of drug-likeness (QED) is 0.342. The monoisotopic (exact) mass is 382 g/mol. The lowest BCUT2D eigenvalue weighted by molar-refractivity contribution is -0.131. The molecule has 2 N–H and O–H groups in total. The molecule has 6 nitrogen and oxygen atoms in total. The molecule has 3 rings (SSSR count). The number of benzene rings is 1. The number of thioether (sulfide) groups is 1. The fraction of sp³-hybridized carbons (Fsp3) is 0.250. The molecule has 140 valence electrons. The molecule has 1 aromatic carbocycles. The van der Waals surface area contributed by atoms with Gasteiger partial charge in [-0.1, -0.05) is 31.2 Å². The van der Waals surface area contributed by atoms with Gasteiger partial charge in [-0.3, -0.25) is 5.10 Å². The number of para-hydroxylation sites is 1. The zero-order valence-corrected chi connectivity index (χ0v) is 16.2. The van der Waals surface area contributed by atoms with Gasteiger partial charge in [-0.25, -0.2) is 9.78 Å². The lowest BCUT2D eigenvalue weighted by atomic mass is 10.1. The van der Waals surface area contributed by atoms with Crippen LogP contribution in [0.4, 0.5) is 0 Å². The number of fused-ring (bicyclic) bond motifs is 1. The number of rotatable bonds is 8. The summed E-state index contributed by atoms with van der Waals surface area (Å²) in [6.45, 7) is 8.53. The number of allylic oxidation sites excluding steroid dienone is 1. The topological polar surface area (TPSA) is 83.8 Å². The highest BCUT2D eigenvalue weighted by Crippen LogP contribution is 2.32. The number of carboxylic acids is 1. The van der Waals surface area contributed by atoms with Gasteiger partial charge in [0.2, 0.25) is 5.16 Å². The van der Waals surface area contributed by atoms with E-state index in [9.17, 15) is 9.90 Å². The van der Waals surface area contributed by atoms with Gasteiger partial charge < -0.3 is 9.67 Å². The van der Waals surface area contributed by atoms with E-state index in [0.717, 1.165) is 52.6 Å². The van der Waals surface area contributed by atoms with Gasteiger partial charge in [0.15, 0.2) is 0 Å². The Kier molecular flexibility index (Phi) is 5.81. The number of hydrogen-bond donors (Lipinski definition) is 2. The van der Waals surface area contributed by atoms with Crippen molar-refractivity contribution in [3.05, 3.63) is 58.9 Å². The number of aromatic nitrogens is 4. The highest BCUT2D eigenvalue weighted by molar-refractivity contribution is 8.04. The Hall–Kier alpha value is -2.80. The van der Waals surface area contributed by atoms with Crippen molar-refractivity contribution < 1.29 is 9.90 Å². The zero-order chi connectivity index (χ0) is 19.4. The number of hydrogen-bond acceptors (Lipinski definition) is 4. The molecular weight excluding hydrogens is 360 g/mol. The lowest BCUT2D eigenvalue weighted by Crippen LogP contribution is -1.99. The van der Waals surface area contributed by atoms with Crippen LogP contribution in [-0.2, 0) is 17.8 Å². The fourth-order valence-corrected chi connectivity index (χ4v) is 3.75. The SMILES string of the molecule is C=CCn1c(C)c(/C=C(\Sc2n[nH]c(CCC)n2)C(=O)O)c2ccccc21. The van der Waals surface area contributed by atoms with Crippen LogP contribution in [0, 0.1) is 6.92 Å². The summed E-state index contributed by atoms with van der Waals surface area (Å²) in [6, 6.07) is 7.97. The fourth-order valence-electron chi connectivity index (χ4n) is 3.04. The molecule has 0 aliphatic carbocycles. The average molecular weight is 382 g/mol. The Bertz CT molecular complexity index is 1020. The Labute approximate surface area is 162 Å². The molecule has 0 fully saturated rings. The van der Waals surface area contributed by atoms with Crippen LogP contribution in [0.5, 0.6) is 0 Å². The third kappa shape index (κ3) is 3.98. The molecule has 0 atom stereocenters. The first kappa shape index (κ1) is 19.0. The Morgan fingerprint density at radius 1 is 1.41 bits per heavy atom. The maximum absolute atomic E-state index is 11.8. The normalized spacial score (nSPS) is 11.9. The van der Waals surface area contributed by atoms with Crippen molar-refractivity contribution in [2.24, 2.45) is 0 Å². The zero-order valence-electron chi connectivity index (χ0n) is 15.4. The van der Waals surface area contributed by atoms with Gasteiger partial charge in [0.05, 0.1) is 0 Å². The molecule has 2 heterocycles. The minimum Gasteiger partial charge on any atom is -0.477 e. The first-order chi connectivity index (χ1) is 13.0. The van der Waals surface area contributed by atoms with E-state index in [4.69, 9.17) is 0 Å². The molecule has 2 aromatic heterocycles. The number of nitrogens with zero attached hydrogens (tertiary/aromatic N) is 3. The van der Waals surface area contributed by atoms with E-state index in [0.29, 0.717) is 11.7 Å². The molecule has 27 heavy (non-hydrogen) atoms. The molecule has 0 unspecified atom stereocenters. The maximum atomic E-state index is 11.8. The van der Waals surface area contributed by atoms with E-state index in [1.165, 1.54) is 0 Å². The molecule has 0 aliphatic heterocycles. The number of carboxylic acid groups (broad SMARTS) is 1. The molecule has 7 heteroatoms. The van der Waals surface area contributed by atoms with Crippen LogP contribution in [0.25, 0.3) is 17.0 Å². The van der Waals surface area contributed by atoms with Crippen molar-refractivity contribution in [3.8, 4) is 0 Å². The van der Waals surface area contributed by atoms with Crippen LogP contribution in [0.2, 0.25) is 0 Å². The van der Waals surface area contributed by atoms with Crippen LogP contribution < -0.4 is 0 Å². The van der Waals surface area contributed by atoms with Gasteiger partial charge in [0.1, 0.15) is 10.7 Å². The second kappa shape index (κ2) is 8.26. The van der Waals surface area contributed by atoms with Crippen LogP contribution in [-0.4, -0.2) is 30.8 Å². The smallest absolute Gasteiger partial charge is 0.342 e. The van der Waals surface area contributed by atoms with Gasteiger partial charge in [-0.05, 0) is 37.2 Å². The number of carbonyl (C=O) groups is 1. The van der Waals surface area contributed by atoms with Gasteiger partial charge in [0.25, 0.3) is 0 Å². The second-order valence-electron chi connectivity index (χ2n) is 6.15. The predicted molar refractivity (Wildman–Crippen MR) is 109 cm³/mol. The molecule has 0 saturated heterocycles. The average Bonchev–Trinajstić information content (AvgIpc) is 3.19. The van der Waals surface area contributed by atoms with Crippen molar-refractivity contribution >= 4 is 34.7 Å². The summed E-state index contributed by atoms with van der Waals surface area (Å²) in [6.07, 6.45) is 5.28. The molecule has 0 spiro atoms.